The molecule has 0 spiro atoms. The lowest BCUT2D eigenvalue weighted by Gasteiger charge is -2.23. The smallest absolute Gasteiger partial charge is 0.0711 e. The molecule has 94 valence electrons. The van der Waals surface area contributed by atoms with Gasteiger partial charge < -0.3 is 15.0 Å². The first-order valence-electron chi connectivity index (χ1n) is 6.76. The molecule has 2 aliphatic heterocycles. The highest BCUT2D eigenvalue weighted by molar-refractivity contribution is 4.85. The highest BCUT2D eigenvalue weighted by Gasteiger charge is 2.26. The molecule has 3 unspecified atom stereocenters. The van der Waals surface area contributed by atoms with Crippen LogP contribution in [0.3, 0.4) is 0 Å². The molecule has 0 aromatic carbocycles. The standard InChI is InChI=1S/C13H26N2O/c1-11-4-3-6-15(7-5-11)10-12-8-13(16-2)9-14-12/h11-14H,3-10H2,1-2H3. The summed E-state index contributed by atoms with van der Waals surface area (Å²) in [7, 11) is 1.82. The number of hydrogen-bond donors (Lipinski definition) is 1. The van der Waals surface area contributed by atoms with Crippen LogP contribution in [0.2, 0.25) is 0 Å². The molecule has 0 radical (unpaired) electrons. The maximum Gasteiger partial charge on any atom is 0.0711 e. The van der Waals surface area contributed by atoms with Gasteiger partial charge >= 0.3 is 0 Å². The lowest BCUT2D eigenvalue weighted by Crippen LogP contribution is -2.38. The van der Waals surface area contributed by atoms with Crippen molar-refractivity contribution < 1.29 is 4.74 Å². The van der Waals surface area contributed by atoms with Crippen LogP contribution in [-0.2, 0) is 4.74 Å². The Morgan fingerprint density at radius 1 is 1.31 bits per heavy atom. The lowest BCUT2D eigenvalue weighted by atomic mass is 10.0. The minimum atomic E-state index is 0.441. The van der Waals surface area contributed by atoms with Crippen LogP contribution in [0.5, 0.6) is 0 Å². The number of nitrogens with zero attached hydrogens (tertiary/aromatic N) is 1. The Balaban J connectivity index is 1.72. The van der Waals surface area contributed by atoms with Crippen molar-refractivity contribution in [3.05, 3.63) is 0 Å². The zero-order valence-electron chi connectivity index (χ0n) is 10.7. The van der Waals surface area contributed by atoms with Gasteiger partial charge in [0.25, 0.3) is 0 Å². The Morgan fingerprint density at radius 2 is 2.19 bits per heavy atom. The van der Waals surface area contributed by atoms with E-state index in [0.29, 0.717) is 12.1 Å². The molecule has 16 heavy (non-hydrogen) atoms. The molecular weight excluding hydrogens is 200 g/mol. The summed E-state index contributed by atoms with van der Waals surface area (Å²) in [5.74, 6) is 0.924. The molecule has 3 atom stereocenters. The topological polar surface area (TPSA) is 24.5 Å². The van der Waals surface area contributed by atoms with Crippen molar-refractivity contribution >= 4 is 0 Å². The molecule has 0 aromatic heterocycles. The fraction of sp³-hybridized carbons (Fsp3) is 1.00. The van der Waals surface area contributed by atoms with Gasteiger partial charge in [-0.05, 0) is 44.7 Å². The van der Waals surface area contributed by atoms with Crippen LogP contribution in [0.4, 0.5) is 0 Å². The molecule has 0 aromatic rings. The van der Waals surface area contributed by atoms with Gasteiger partial charge in [0.2, 0.25) is 0 Å². The summed E-state index contributed by atoms with van der Waals surface area (Å²) < 4.78 is 5.39. The largest absolute Gasteiger partial charge is 0.380 e. The molecular formula is C13H26N2O. The van der Waals surface area contributed by atoms with E-state index in [1.165, 1.54) is 45.3 Å². The van der Waals surface area contributed by atoms with Gasteiger partial charge in [0.1, 0.15) is 0 Å². The predicted octanol–water partition coefficient (Wildman–Crippen LogP) is 1.49. The highest BCUT2D eigenvalue weighted by atomic mass is 16.5. The van der Waals surface area contributed by atoms with E-state index in [2.05, 4.69) is 17.1 Å². The number of likely N-dealkylation sites (tertiary alicyclic amines) is 1. The summed E-state index contributed by atoms with van der Waals surface area (Å²) in [5, 5.41) is 3.57. The highest BCUT2D eigenvalue weighted by Crippen LogP contribution is 2.18. The van der Waals surface area contributed by atoms with Crippen LogP contribution < -0.4 is 5.32 Å². The van der Waals surface area contributed by atoms with Gasteiger partial charge in [-0.1, -0.05) is 6.92 Å². The van der Waals surface area contributed by atoms with Crippen LogP contribution in [0.15, 0.2) is 0 Å². The minimum Gasteiger partial charge on any atom is -0.380 e. The molecule has 3 nitrogen and oxygen atoms in total. The molecule has 3 heteroatoms. The Kier molecular flexibility index (Phi) is 4.62. The number of nitrogens with one attached hydrogen (secondary N) is 1. The lowest BCUT2D eigenvalue weighted by molar-refractivity contribution is 0.115. The fourth-order valence-corrected chi connectivity index (χ4v) is 2.92. The maximum absolute atomic E-state index is 5.39. The Morgan fingerprint density at radius 3 is 2.94 bits per heavy atom. The number of methoxy groups -OCH3 is 1. The van der Waals surface area contributed by atoms with Gasteiger partial charge in [-0.15, -0.1) is 0 Å². The first kappa shape index (κ1) is 12.3. The van der Waals surface area contributed by atoms with E-state index >= 15 is 0 Å². The van der Waals surface area contributed by atoms with Crippen LogP contribution in [-0.4, -0.2) is 50.3 Å². The fourth-order valence-electron chi connectivity index (χ4n) is 2.92. The van der Waals surface area contributed by atoms with Crippen LogP contribution in [0.1, 0.15) is 32.6 Å². The van der Waals surface area contributed by atoms with Crippen molar-refractivity contribution in [2.75, 3.05) is 33.3 Å². The molecule has 2 heterocycles. The summed E-state index contributed by atoms with van der Waals surface area (Å²) >= 11 is 0. The van der Waals surface area contributed by atoms with Crippen molar-refractivity contribution in [2.45, 2.75) is 44.8 Å². The van der Waals surface area contributed by atoms with Crippen molar-refractivity contribution in [3.8, 4) is 0 Å². The van der Waals surface area contributed by atoms with E-state index in [-0.39, 0.29) is 0 Å². The SMILES string of the molecule is COC1CNC(CN2CCCC(C)CC2)C1. The molecule has 2 fully saturated rings. The molecule has 0 aliphatic carbocycles. The second-order valence-corrected chi connectivity index (χ2v) is 5.54. The van der Waals surface area contributed by atoms with E-state index in [1.807, 2.05) is 7.11 Å². The molecule has 2 aliphatic rings. The van der Waals surface area contributed by atoms with Crippen molar-refractivity contribution in [1.82, 2.24) is 10.2 Å². The summed E-state index contributed by atoms with van der Waals surface area (Å²) in [5.41, 5.74) is 0. The average molecular weight is 226 g/mol. The zero-order chi connectivity index (χ0) is 11.4. The predicted molar refractivity (Wildman–Crippen MR) is 66.7 cm³/mol. The third kappa shape index (κ3) is 3.44. The summed E-state index contributed by atoms with van der Waals surface area (Å²) in [6, 6.07) is 0.651. The number of ether oxygens (including phenoxy) is 1. The summed E-state index contributed by atoms with van der Waals surface area (Å²) in [6.45, 7) is 7.22. The average Bonchev–Trinajstić information content (AvgIpc) is 2.63. The first-order chi connectivity index (χ1) is 7.78. The van der Waals surface area contributed by atoms with Gasteiger partial charge in [0.15, 0.2) is 0 Å². The van der Waals surface area contributed by atoms with Crippen molar-refractivity contribution in [1.29, 1.82) is 0 Å². The van der Waals surface area contributed by atoms with E-state index < -0.39 is 0 Å². The van der Waals surface area contributed by atoms with Gasteiger partial charge in [-0.25, -0.2) is 0 Å². The summed E-state index contributed by atoms with van der Waals surface area (Å²) in [4.78, 5) is 2.64. The molecule has 0 bridgehead atoms. The number of hydrogen-bond acceptors (Lipinski definition) is 3. The summed E-state index contributed by atoms with van der Waals surface area (Å²) in [6.07, 6.45) is 5.79. The Hall–Kier alpha value is -0.120. The second-order valence-electron chi connectivity index (χ2n) is 5.54. The molecule has 1 N–H and O–H groups in total. The molecule has 0 amide bonds. The van der Waals surface area contributed by atoms with Gasteiger partial charge in [0, 0.05) is 26.2 Å². The maximum atomic E-state index is 5.39. The van der Waals surface area contributed by atoms with Crippen LogP contribution >= 0.6 is 0 Å². The van der Waals surface area contributed by atoms with Crippen LogP contribution in [0.25, 0.3) is 0 Å². The molecule has 2 rings (SSSR count). The Labute approximate surface area is 99.5 Å². The van der Waals surface area contributed by atoms with E-state index in [4.69, 9.17) is 4.74 Å². The monoisotopic (exact) mass is 226 g/mol. The van der Waals surface area contributed by atoms with Crippen molar-refractivity contribution in [3.63, 3.8) is 0 Å². The van der Waals surface area contributed by atoms with Gasteiger partial charge in [-0.2, -0.15) is 0 Å². The third-order valence-corrected chi connectivity index (χ3v) is 4.10. The number of rotatable bonds is 3. The molecule has 0 saturated carbocycles. The van der Waals surface area contributed by atoms with E-state index in [9.17, 15) is 0 Å². The Bertz CT molecular complexity index is 210. The minimum absolute atomic E-state index is 0.441. The van der Waals surface area contributed by atoms with Gasteiger partial charge in [-0.3, -0.25) is 0 Å². The molecule has 2 saturated heterocycles. The normalized spacial score (nSPS) is 37.5. The second kappa shape index (κ2) is 5.99. The first-order valence-corrected chi connectivity index (χ1v) is 6.76. The zero-order valence-corrected chi connectivity index (χ0v) is 10.7. The van der Waals surface area contributed by atoms with E-state index in [1.54, 1.807) is 0 Å². The van der Waals surface area contributed by atoms with Crippen molar-refractivity contribution in [2.24, 2.45) is 5.92 Å². The third-order valence-electron chi connectivity index (χ3n) is 4.10. The van der Waals surface area contributed by atoms with Gasteiger partial charge in [0.05, 0.1) is 6.10 Å². The van der Waals surface area contributed by atoms with E-state index in [0.717, 1.165) is 12.5 Å². The van der Waals surface area contributed by atoms with Crippen LogP contribution in [0, 0.1) is 5.92 Å². The quantitative estimate of drug-likeness (QED) is 0.789.